The van der Waals surface area contributed by atoms with Gasteiger partial charge >= 0.3 is 6.18 Å². The summed E-state index contributed by atoms with van der Waals surface area (Å²) >= 11 is 0. The number of rotatable bonds is 5. The zero-order valence-corrected chi connectivity index (χ0v) is 26.3. The largest absolute Gasteiger partial charge is 0.406 e. The highest BCUT2D eigenvalue weighted by Gasteiger charge is 2.58. The van der Waals surface area contributed by atoms with Crippen LogP contribution in [-0.4, -0.2) is 15.3 Å². The molecule has 0 aliphatic carbocycles. The van der Waals surface area contributed by atoms with Crippen LogP contribution in [0.2, 0.25) is 0 Å². The number of benzene rings is 7. The summed E-state index contributed by atoms with van der Waals surface area (Å²) < 4.78 is 52.2. The molecule has 2 nitrogen and oxygen atoms in total. The van der Waals surface area contributed by atoms with Crippen LogP contribution in [0.1, 0.15) is 16.7 Å². The molecule has 0 radical (unpaired) electrons. The first-order chi connectivity index (χ1) is 24.0. The second kappa shape index (κ2) is 11.0. The summed E-state index contributed by atoms with van der Waals surface area (Å²) in [5, 5.41) is 4.39. The van der Waals surface area contributed by atoms with E-state index in [9.17, 15) is 0 Å². The van der Waals surface area contributed by atoms with Gasteiger partial charge in [0.25, 0.3) is 0 Å². The van der Waals surface area contributed by atoms with Gasteiger partial charge in [-0.15, -0.1) is 0 Å². The molecule has 9 aromatic rings. The third-order valence-corrected chi connectivity index (χ3v) is 9.91. The Balaban J connectivity index is 1.23. The van der Waals surface area contributed by atoms with E-state index in [2.05, 4.69) is 33.4 Å². The van der Waals surface area contributed by atoms with E-state index in [4.69, 9.17) is 0 Å². The van der Waals surface area contributed by atoms with E-state index >= 15 is 13.2 Å². The van der Waals surface area contributed by atoms with Crippen molar-refractivity contribution in [2.75, 3.05) is 0 Å². The summed E-state index contributed by atoms with van der Waals surface area (Å²) in [5.74, 6) is 0. The lowest BCUT2D eigenvalue weighted by atomic mass is 9.68. The Kier molecular flexibility index (Phi) is 6.53. The van der Waals surface area contributed by atoms with Gasteiger partial charge < -0.3 is 9.13 Å². The van der Waals surface area contributed by atoms with Crippen molar-refractivity contribution >= 4 is 43.6 Å². The molecule has 0 fully saturated rings. The number of fused-ring (bicyclic) bond motifs is 6. The van der Waals surface area contributed by atoms with E-state index in [1.54, 1.807) is 54.6 Å². The van der Waals surface area contributed by atoms with Crippen molar-refractivity contribution in [3.63, 3.8) is 0 Å². The predicted octanol–water partition coefficient (Wildman–Crippen LogP) is 11.8. The lowest BCUT2D eigenvalue weighted by Crippen LogP contribution is -2.44. The highest BCUT2D eigenvalue weighted by molar-refractivity contribution is 6.10. The van der Waals surface area contributed by atoms with Crippen LogP contribution in [0.15, 0.2) is 176 Å². The van der Waals surface area contributed by atoms with E-state index in [0.717, 1.165) is 55.0 Å². The van der Waals surface area contributed by atoms with Crippen molar-refractivity contribution in [2.45, 2.75) is 11.6 Å². The van der Waals surface area contributed by atoms with Gasteiger partial charge in [-0.3, -0.25) is 0 Å². The topological polar surface area (TPSA) is 9.86 Å². The molecule has 0 spiro atoms. The first kappa shape index (κ1) is 29.1. The summed E-state index contributed by atoms with van der Waals surface area (Å²) in [4.78, 5) is 0. The van der Waals surface area contributed by atoms with Crippen LogP contribution in [0.25, 0.3) is 55.0 Å². The van der Waals surface area contributed by atoms with Gasteiger partial charge in [0.15, 0.2) is 0 Å². The van der Waals surface area contributed by atoms with Gasteiger partial charge in [0.2, 0.25) is 0 Å². The highest BCUT2D eigenvalue weighted by atomic mass is 19.4. The Labute approximate surface area is 280 Å². The van der Waals surface area contributed by atoms with Gasteiger partial charge in [-0.05, 0) is 65.2 Å². The Morgan fingerprint density at radius 3 is 0.918 bits per heavy atom. The molecule has 0 aliphatic rings. The molecule has 5 heteroatoms. The number of alkyl halides is 3. The smallest absolute Gasteiger partial charge is 0.309 e. The molecule has 49 heavy (non-hydrogen) atoms. The van der Waals surface area contributed by atoms with Gasteiger partial charge in [-0.1, -0.05) is 127 Å². The fourth-order valence-corrected chi connectivity index (χ4v) is 7.80. The van der Waals surface area contributed by atoms with Crippen molar-refractivity contribution in [3.05, 3.63) is 193 Å². The summed E-state index contributed by atoms with van der Waals surface area (Å²) in [7, 11) is 0. The Bertz CT molecular complexity index is 2360. The molecule has 0 N–H and O–H groups in total. The van der Waals surface area contributed by atoms with Crippen LogP contribution in [0.5, 0.6) is 0 Å². The van der Waals surface area contributed by atoms with Crippen LogP contribution < -0.4 is 0 Å². The molecule has 0 saturated heterocycles. The van der Waals surface area contributed by atoms with E-state index in [1.165, 1.54) is 0 Å². The normalized spacial score (nSPS) is 12.4. The molecule has 0 amide bonds. The number of hydrogen-bond acceptors (Lipinski definition) is 0. The monoisotopic (exact) mass is 642 g/mol. The fourth-order valence-electron chi connectivity index (χ4n) is 7.80. The van der Waals surface area contributed by atoms with E-state index in [1.807, 2.05) is 97.1 Å². The number of hydrogen-bond donors (Lipinski definition) is 0. The molecular formula is C44H29F3N2. The number of nitrogens with zero attached hydrogens (tertiary/aromatic N) is 2. The van der Waals surface area contributed by atoms with Crippen LogP contribution in [-0.2, 0) is 5.41 Å². The third-order valence-electron chi connectivity index (χ3n) is 9.91. The lowest BCUT2D eigenvalue weighted by Gasteiger charge is -2.38. The molecule has 7 aromatic carbocycles. The number of halogens is 3. The Morgan fingerprint density at radius 2 is 0.592 bits per heavy atom. The summed E-state index contributed by atoms with van der Waals surface area (Å²) in [6.07, 6.45) is -4.66. The quantitative estimate of drug-likeness (QED) is 0.165. The van der Waals surface area contributed by atoms with Gasteiger partial charge in [0.05, 0.1) is 22.1 Å². The van der Waals surface area contributed by atoms with Crippen molar-refractivity contribution < 1.29 is 13.2 Å². The van der Waals surface area contributed by atoms with Crippen LogP contribution in [0.3, 0.4) is 0 Å². The highest BCUT2D eigenvalue weighted by Crippen LogP contribution is 2.51. The molecule has 236 valence electrons. The molecular weight excluding hydrogens is 613 g/mol. The summed E-state index contributed by atoms with van der Waals surface area (Å²) in [6, 6.07) is 54.5. The lowest BCUT2D eigenvalue weighted by molar-refractivity contribution is -0.166. The first-order valence-corrected chi connectivity index (χ1v) is 16.3. The predicted molar refractivity (Wildman–Crippen MR) is 194 cm³/mol. The van der Waals surface area contributed by atoms with E-state index in [-0.39, 0.29) is 16.7 Å². The van der Waals surface area contributed by atoms with E-state index in [0.29, 0.717) is 0 Å². The van der Waals surface area contributed by atoms with Crippen LogP contribution in [0, 0.1) is 0 Å². The maximum absolute atomic E-state index is 16.0. The summed E-state index contributed by atoms with van der Waals surface area (Å²) in [6.45, 7) is 0. The zero-order chi connectivity index (χ0) is 33.2. The van der Waals surface area contributed by atoms with Crippen LogP contribution in [0.4, 0.5) is 13.2 Å². The van der Waals surface area contributed by atoms with Gasteiger partial charge in [-0.25, -0.2) is 0 Å². The molecule has 9 rings (SSSR count). The van der Waals surface area contributed by atoms with Gasteiger partial charge in [0, 0.05) is 32.9 Å². The molecule has 0 aliphatic heterocycles. The minimum Gasteiger partial charge on any atom is -0.309 e. The van der Waals surface area contributed by atoms with Gasteiger partial charge in [-0.2, -0.15) is 13.2 Å². The van der Waals surface area contributed by atoms with Crippen molar-refractivity contribution in [3.8, 4) is 11.4 Å². The number of aromatic nitrogens is 2. The number of para-hydroxylation sites is 4. The van der Waals surface area contributed by atoms with Crippen molar-refractivity contribution in [1.82, 2.24) is 9.13 Å². The first-order valence-electron chi connectivity index (χ1n) is 16.3. The second-order valence-electron chi connectivity index (χ2n) is 12.4. The average Bonchev–Trinajstić information content (AvgIpc) is 3.66. The standard InChI is InChI=1S/C44H29F3N2/c45-44(46,47)43(30-12-2-1-3-13-30,31-22-26-33(27-23-31)48-39-18-8-4-14-35(39)36-15-5-9-19-40(36)48)32-24-28-34(29-25-32)49-41-20-10-6-16-37(41)38-17-7-11-21-42(38)49/h1-29H. The molecule has 0 unspecified atom stereocenters. The van der Waals surface area contributed by atoms with Crippen molar-refractivity contribution in [1.29, 1.82) is 0 Å². The Hall–Kier alpha value is -6.07. The maximum atomic E-state index is 16.0. The van der Waals surface area contributed by atoms with E-state index < -0.39 is 11.6 Å². The average molecular weight is 643 g/mol. The fraction of sp³-hybridized carbons (Fsp3) is 0.0455. The Morgan fingerprint density at radius 1 is 0.306 bits per heavy atom. The minimum absolute atomic E-state index is 0.153. The molecule has 0 saturated carbocycles. The SMILES string of the molecule is FC(F)(F)C(c1ccccc1)(c1ccc(-n2c3ccccc3c3ccccc32)cc1)c1ccc(-n2c3ccccc3c3ccccc32)cc1. The van der Waals surface area contributed by atoms with Crippen LogP contribution >= 0.6 is 0 Å². The van der Waals surface area contributed by atoms with Gasteiger partial charge in [0.1, 0.15) is 5.41 Å². The molecule has 0 atom stereocenters. The zero-order valence-electron chi connectivity index (χ0n) is 26.3. The van der Waals surface area contributed by atoms with Crippen molar-refractivity contribution in [2.24, 2.45) is 0 Å². The second-order valence-corrected chi connectivity index (χ2v) is 12.4. The molecule has 2 aromatic heterocycles. The molecule has 2 heterocycles. The third kappa shape index (κ3) is 4.28. The summed E-state index contributed by atoms with van der Waals surface area (Å²) in [5.41, 5.74) is 3.66. The maximum Gasteiger partial charge on any atom is 0.406 e. The minimum atomic E-state index is -4.66. The molecule has 0 bridgehead atoms.